The van der Waals surface area contributed by atoms with E-state index < -0.39 is 0 Å². The molecule has 5 heteroatoms. The molecule has 0 bridgehead atoms. The second kappa shape index (κ2) is 5.48. The Kier molecular flexibility index (Phi) is 3.75. The number of aromatic nitrogens is 2. The van der Waals surface area contributed by atoms with Gasteiger partial charge in [-0.05, 0) is 32.0 Å². The van der Waals surface area contributed by atoms with E-state index in [9.17, 15) is 4.79 Å². The molecule has 1 N–H and O–H groups in total. The monoisotopic (exact) mass is 256 g/mol. The summed E-state index contributed by atoms with van der Waals surface area (Å²) in [5.74, 6) is -0.246. The van der Waals surface area contributed by atoms with Crippen molar-refractivity contribution in [3.05, 3.63) is 53.1 Å². The van der Waals surface area contributed by atoms with Crippen LogP contribution in [0.15, 0.2) is 35.7 Å². The van der Waals surface area contributed by atoms with Crippen molar-refractivity contribution in [2.24, 2.45) is 12.1 Å². The molecule has 0 aliphatic carbocycles. The maximum Gasteiger partial charge on any atom is 0.271 e. The third-order valence-corrected chi connectivity index (χ3v) is 3.13. The van der Waals surface area contributed by atoms with E-state index in [1.807, 2.05) is 27.0 Å². The summed E-state index contributed by atoms with van der Waals surface area (Å²) in [6.45, 7) is 4.04. The number of nitrogens with zero attached hydrogens (tertiary/aromatic N) is 3. The fourth-order valence-electron chi connectivity index (χ4n) is 1.74. The van der Waals surface area contributed by atoms with Gasteiger partial charge in [0.15, 0.2) is 0 Å². The molecule has 19 heavy (non-hydrogen) atoms. The molecule has 0 atom stereocenters. The molecule has 2 heterocycles. The van der Waals surface area contributed by atoms with Crippen molar-refractivity contribution in [2.75, 3.05) is 0 Å². The summed E-state index contributed by atoms with van der Waals surface area (Å²) < 4.78 is 2.08. The van der Waals surface area contributed by atoms with Gasteiger partial charge in [0.1, 0.15) is 0 Å². The number of hydrogen-bond donors (Lipinski definition) is 1. The Balaban J connectivity index is 2.04. The Labute approximate surface area is 112 Å². The van der Waals surface area contributed by atoms with Crippen molar-refractivity contribution >= 4 is 12.1 Å². The van der Waals surface area contributed by atoms with Gasteiger partial charge in [0.25, 0.3) is 5.91 Å². The summed E-state index contributed by atoms with van der Waals surface area (Å²) in [6.07, 6.45) is 4.80. The van der Waals surface area contributed by atoms with Crippen molar-refractivity contribution in [2.45, 2.75) is 13.8 Å². The van der Waals surface area contributed by atoms with E-state index in [1.165, 1.54) is 0 Å². The number of carbonyl (C=O) groups is 1. The average Bonchev–Trinajstić information content (AvgIpc) is 2.67. The van der Waals surface area contributed by atoms with Crippen molar-refractivity contribution in [3.8, 4) is 0 Å². The van der Waals surface area contributed by atoms with Crippen LogP contribution in [0.2, 0.25) is 0 Å². The first-order chi connectivity index (χ1) is 9.09. The number of hydrazone groups is 1. The number of hydrogen-bond acceptors (Lipinski definition) is 3. The van der Waals surface area contributed by atoms with Gasteiger partial charge in [-0.25, -0.2) is 5.43 Å². The smallest absolute Gasteiger partial charge is 0.271 e. The lowest BCUT2D eigenvalue weighted by molar-refractivity contribution is 0.0955. The highest BCUT2D eigenvalue weighted by molar-refractivity contribution is 5.94. The molecule has 0 saturated carbocycles. The molecule has 0 unspecified atom stereocenters. The zero-order valence-corrected chi connectivity index (χ0v) is 11.2. The number of aryl methyl sites for hydroxylation is 1. The quantitative estimate of drug-likeness (QED) is 0.672. The first kappa shape index (κ1) is 13.0. The van der Waals surface area contributed by atoms with E-state index in [2.05, 4.69) is 20.1 Å². The normalized spacial score (nSPS) is 10.9. The minimum atomic E-state index is -0.246. The standard InChI is InChI=1S/C14H16N4O/c1-10-8-13(11(2)18(10)3)9-16-17-14(19)12-4-6-15-7-5-12/h4-9H,1-3H3,(H,17,19)/b16-9-. The lowest BCUT2D eigenvalue weighted by Crippen LogP contribution is -2.17. The Bertz CT molecular complexity index is 614. The highest BCUT2D eigenvalue weighted by atomic mass is 16.2. The Morgan fingerprint density at radius 1 is 1.37 bits per heavy atom. The number of pyridine rings is 1. The van der Waals surface area contributed by atoms with Crippen LogP contribution in [0.1, 0.15) is 27.3 Å². The lowest BCUT2D eigenvalue weighted by Gasteiger charge is -1.99. The number of amides is 1. The van der Waals surface area contributed by atoms with Crippen LogP contribution in [0, 0.1) is 13.8 Å². The lowest BCUT2D eigenvalue weighted by atomic mass is 10.2. The molecule has 0 saturated heterocycles. The summed E-state index contributed by atoms with van der Waals surface area (Å²) in [7, 11) is 2.00. The van der Waals surface area contributed by atoms with Crippen LogP contribution >= 0.6 is 0 Å². The molecule has 0 aromatic carbocycles. The summed E-state index contributed by atoms with van der Waals surface area (Å²) in [4.78, 5) is 15.6. The molecule has 98 valence electrons. The number of nitrogens with one attached hydrogen (secondary N) is 1. The zero-order valence-electron chi connectivity index (χ0n) is 11.2. The SMILES string of the molecule is Cc1cc(/C=N\NC(=O)c2ccncc2)c(C)n1C. The molecule has 0 aliphatic rings. The topological polar surface area (TPSA) is 59.3 Å². The van der Waals surface area contributed by atoms with E-state index in [0.717, 1.165) is 17.0 Å². The van der Waals surface area contributed by atoms with Gasteiger partial charge in [-0.3, -0.25) is 9.78 Å². The molecule has 2 aromatic heterocycles. The van der Waals surface area contributed by atoms with Crippen LogP contribution in [-0.4, -0.2) is 21.7 Å². The van der Waals surface area contributed by atoms with Gasteiger partial charge in [-0.15, -0.1) is 0 Å². The number of rotatable bonds is 3. The highest BCUT2D eigenvalue weighted by Crippen LogP contribution is 2.10. The molecular formula is C14H16N4O. The third-order valence-electron chi connectivity index (χ3n) is 3.13. The van der Waals surface area contributed by atoms with Crippen LogP contribution in [0.25, 0.3) is 0 Å². The van der Waals surface area contributed by atoms with Gasteiger partial charge < -0.3 is 4.57 Å². The second-order valence-corrected chi connectivity index (χ2v) is 4.32. The summed E-state index contributed by atoms with van der Waals surface area (Å²) in [5.41, 5.74) is 6.29. The van der Waals surface area contributed by atoms with E-state index in [-0.39, 0.29) is 5.91 Å². The summed E-state index contributed by atoms with van der Waals surface area (Å²) in [6, 6.07) is 5.31. The van der Waals surface area contributed by atoms with E-state index >= 15 is 0 Å². The second-order valence-electron chi connectivity index (χ2n) is 4.32. The Morgan fingerprint density at radius 3 is 2.63 bits per heavy atom. The molecule has 0 radical (unpaired) electrons. The Hall–Kier alpha value is -2.43. The fourth-order valence-corrected chi connectivity index (χ4v) is 1.74. The maximum atomic E-state index is 11.7. The largest absolute Gasteiger partial charge is 0.352 e. The van der Waals surface area contributed by atoms with E-state index in [1.54, 1.807) is 30.7 Å². The van der Waals surface area contributed by atoms with Gasteiger partial charge >= 0.3 is 0 Å². The maximum absolute atomic E-state index is 11.7. The van der Waals surface area contributed by atoms with Crippen molar-refractivity contribution in [3.63, 3.8) is 0 Å². The molecule has 0 aliphatic heterocycles. The molecule has 2 rings (SSSR count). The third kappa shape index (κ3) is 2.88. The first-order valence-electron chi connectivity index (χ1n) is 5.96. The van der Waals surface area contributed by atoms with Gasteiger partial charge in [-0.1, -0.05) is 0 Å². The van der Waals surface area contributed by atoms with Gasteiger partial charge in [-0.2, -0.15) is 5.10 Å². The van der Waals surface area contributed by atoms with Gasteiger partial charge in [0.2, 0.25) is 0 Å². The average molecular weight is 256 g/mol. The minimum absolute atomic E-state index is 0.246. The molecule has 2 aromatic rings. The van der Waals surface area contributed by atoms with Gasteiger partial charge in [0.05, 0.1) is 6.21 Å². The van der Waals surface area contributed by atoms with Crippen LogP contribution in [0.3, 0.4) is 0 Å². The molecule has 5 nitrogen and oxygen atoms in total. The number of carbonyl (C=O) groups excluding carboxylic acids is 1. The zero-order chi connectivity index (χ0) is 13.8. The minimum Gasteiger partial charge on any atom is -0.352 e. The summed E-state index contributed by atoms with van der Waals surface area (Å²) >= 11 is 0. The van der Waals surface area contributed by atoms with Crippen LogP contribution in [-0.2, 0) is 7.05 Å². The first-order valence-corrected chi connectivity index (χ1v) is 5.96. The fraction of sp³-hybridized carbons (Fsp3) is 0.214. The highest BCUT2D eigenvalue weighted by Gasteiger charge is 2.04. The molecule has 1 amide bonds. The predicted molar refractivity (Wildman–Crippen MR) is 74.2 cm³/mol. The predicted octanol–water partition coefficient (Wildman–Crippen LogP) is 1.80. The van der Waals surface area contributed by atoms with E-state index in [0.29, 0.717) is 5.56 Å². The molecule has 0 fully saturated rings. The molecular weight excluding hydrogens is 240 g/mol. The Morgan fingerprint density at radius 2 is 2.05 bits per heavy atom. The van der Waals surface area contributed by atoms with Crippen molar-refractivity contribution < 1.29 is 4.79 Å². The molecule has 0 spiro atoms. The van der Waals surface area contributed by atoms with E-state index in [4.69, 9.17) is 0 Å². The van der Waals surface area contributed by atoms with Crippen LogP contribution < -0.4 is 5.43 Å². The van der Waals surface area contributed by atoms with Crippen molar-refractivity contribution in [1.29, 1.82) is 0 Å². The van der Waals surface area contributed by atoms with Crippen LogP contribution in [0.4, 0.5) is 0 Å². The van der Waals surface area contributed by atoms with Gasteiger partial charge in [0, 0.05) is 42.0 Å². The van der Waals surface area contributed by atoms with Crippen molar-refractivity contribution in [1.82, 2.24) is 15.0 Å². The summed E-state index contributed by atoms with van der Waals surface area (Å²) in [5, 5.41) is 3.97. The van der Waals surface area contributed by atoms with Crippen LogP contribution in [0.5, 0.6) is 0 Å².